The monoisotopic (exact) mass is 180 g/mol. The third kappa shape index (κ3) is 0.941. The molecule has 0 N–H and O–H groups in total. The maximum absolute atomic E-state index is 3.79. The molecule has 1 aliphatic rings. The summed E-state index contributed by atoms with van der Waals surface area (Å²) < 4.78 is 0. The quantitative estimate of drug-likeness (QED) is 0.629. The Morgan fingerprint density at radius 2 is 2.00 bits per heavy atom. The minimum atomic E-state index is 1.21. The Kier molecular flexibility index (Phi) is 1.51. The smallest absolute Gasteiger partial charge is 0.0149 e. The summed E-state index contributed by atoms with van der Waals surface area (Å²) in [7, 11) is 0. The molecule has 0 saturated carbocycles. The van der Waals surface area contributed by atoms with Gasteiger partial charge >= 0.3 is 0 Å². The fourth-order valence-electron chi connectivity index (χ4n) is 2.20. The first-order chi connectivity index (χ1) is 6.88. The summed E-state index contributed by atoms with van der Waals surface area (Å²) in [6.45, 7) is 3.79. The number of hydrogen-bond acceptors (Lipinski definition) is 0. The molecule has 0 radical (unpaired) electrons. The second-order valence-electron chi connectivity index (χ2n) is 3.89. The number of benzene rings is 2. The zero-order chi connectivity index (χ0) is 9.54. The number of aryl methyl sites for hydroxylation is 2. The zero-order valence-corrected chi connectivity index (χ0v) is 8.09. The van der Waals surface area contributed by atoms with Gasteiger partial charge in [0, 0.05) is 0 Å². The molecule has 0 atom stereocenters. The van der Waals surface area contributed by atoms with Crippen molar-refractivity contribution >= 4 is 16.8 Å². The molecule has 0 nitrogen and oxygen atoms in total. The Labute approximate surface area is 83.9 Å². The highest BCUT2D eigenvalue weighted by molar-refractivity contribution is 5.89. The van der Waals surface area contributed by atoms with Crippen LogP contribution < -0.4 is 0 Å². The van der Waals surface area contributed by atoms with Crippen molar-refractivity contribution in [3.8, 4) is 0 Å². The molecule has 0 aromatic heterocycles. The highest BCUT2D eigenvalue weighted by atomic mass is 14.2. The lowest BCUT2D eigenvalue weighted by molar-refractivity contribution is 0.852. The minimum absolute atomic E-state index is 1.21. The van der Waals surface area contributed by atoms with Gasteiger partial charge in [0.2, 0.25) is 0 Å². The zero-order valence-electron chi connectivity index (χ0n) is 8.09. The second kappa shape index (κ2) is 2.71. The van der Waals surface area contributed by atoms with Gasteiger partial charge in [-0.1, -0.05) is 36.9 Å². The van der Waals surface area contributed by atoms with Crippen molar-refractivity contribution in [1.82, 2.24) is 0 Å². The summed E-state index contributed by atoms with van der Waals surface area (Å²) in [5.41, 5.74) is 4.29. The highest BCUT2D eigenvalue weighted by Crippen LogP contribution is 2.31. The van der Waals surface area contributed by atoms with Crippen LogP contribution >= 0.6 is 0 Å². The molecule has 0 aliphatic heterocycles. The Balaban J connectivity index is 2.36. The van der Waals surface area contributed by atoms with Crippen LogP contribution in [0.5, 0.6) is 0 Å². The van der Waals surface area contributed by atoms with E-state index < -0.39 is 0 Å². The molecule has 0 spiro atoms. The molecule has 0 heteroatoms. The second-order valence-corrected chi connectivity index (χ2v) is 3.89. The summed E-state index contributed by atoms with van der Waals surface area (Å²) in [6.07, 6.45) is 4.41. The van der Waals surface area contributed by atoms with Crippen LogP contribution in [0.2, 0.25) is 0 Å². The summed E-state index contributed by atoms with van der Waals surface area (Å²) in [4.78, 5) is 0. The Morgan fingerprint density at radius 1 is 1.07 bits per heavy atom. The van der Waals surface area contributed by atoms with Crippen LogP contribution in [0.4, 0.5) is 0 Å². The predicted molar refractivity (Wildman–Crippen MR) is 61.4 cm³/mol. The summed E-state index contributed by atoms with van der Waals surface area (Å²) in [5.74, 6) is 0. The van der Waals surface area contributed by atoms with Crippen LogP contribution in [-0.2, 0) is 12.8 Å². The van der Waals surface area contributed by atoms with Crippen molar-refractivity contribution in [2.45, 2.75) is 12.8 Å². The normalized spacial score (nSPS) is 13.4. The van der Waals surface area contributed by atoms with Gasteiger partial charge in [0.25, 0.3) is 0 Å². The van der Waals surface area contributed by atoms with E-state index in [-0.39, 0.29) is 0 Å². The van der Waals surface area contributed by atoms with Crippen molar-refractivity contribution in [2.75, 3.05) is 0 Å². The van der Waals surface area contributed by atoms with Crippen LogP contribution in [0.3, 0.4) is 0 Å². The molecular weight excluding hydrogens is 168 g/mol. The molecule has 0 bridgehead atoms. The van der Waals surface area contributed by atoms with Crippen molar-refractivity contribution in [1.29, 1.82) is 0 Å². The van der Waals surface area contributed by atoms with E-state index in [9.17, 15) is 0 Å². The Bertz CT molecular complexity index is 521. The predicted octanol–water partition coefficient (Wildman–Crippen LogP) is 3.58. The lowest BCUT2D eigenvalue weighted by Crippen LogP contribution is -2.08. The SMILES string of the molecule is C=Cc1ccc2c3c(ccc2c1)CC3. The van der Waals surface area contributed by atoms with E-state index in [4.69, 9.17) is 0 Å². The first-order valence-corrected chi connectivity index (χ1v) is 5.05. The fourth-order valence-corrected chi connectivity index (χ4v) is 2.20. The largest absolute Gasteiger partial charge is 0.0985 e. The van der Waals surface area contributed by atoms with Crippen molar-refractivity contribution in [2.24, 2.45) is 0 Å². The average Bonchev–Trinajstić information content (AvgIpc) is 2.17. The Hall–Kier alpha value is -1.56. The van der Waals surface area contributed by atoms with E-state index in [1.165, 1.54) is 34.7 Å². The van der Waals surface area contributed by atoms with Crippen LogP contribution in [0.15, 0.2) is 36.9 Å². The summed E-state index contributed by atoms with van der Waals surface area (Å²) in [5, 5.41) is 2.78. The van der Waals surface area contributed by atoms with Crippen molar-refractivity contribution < 1.29 is 0 Å². The Morgan fingerprint density at radius 3 is 2.71 bits per heavy atom. The molecule has 0 unspecified atom stereocenters. The molecule has 1 aliphatic carbocycles. The molecule has 0 heterocycles. The van der Waals surface area contributed by atoms with Gasteiger partial charge in [-0.15, -0.1) is 0 Å². The third-order valence-electron chi connectivity index (χ3n) is 3.13. The van der Waals surface area contributed by atoms with Gasteiger partial charge in [-0.3, -0.25) is 0 Å². The van der Waals surface area contributed by atoms with Crippen molar-refractivity contribution in [3.05, 3.63) is 53.6 Å². The maximum atomic E-state index is 3.79. The molecule has 0 amide bonds. The van der Waals surface area contributed by atoms with E-state index in [1.54, 1.807) is 5.56 Å². The highest BCUT2D eigenvalue weighted by Gasteiger charge is 2.15. The van der Waals surface area contributed by atoms with E-state index >= 15 is 0 Å². The first-order valence-electron chi connectivity index (χ1n) is 5.05. The molecule has 2 aromatic carbocycles. The average molecular weight is 180 g/mol. The topological polar surface area (TPSA) is 0 Å². The van der Waals surface area contributed by atoms with Gasteiger partial charge in [0.1, 0.15) is 0 Å². The van der Waals surface area contributed by atoms with E-state index in [0.717, 1.165) is 0 Å². The third-order valence-corrected chi connectivity index (χ3v) is 3.13. The molecule has 14 heavy (non-hydrogen) atoms. The van der Waals surface area contributed by atoms with Gasteiger partial charge in [-0.2, -0.15) is 0 Å². The lowest BCUT2D eigenvalue weighted by atomic mass is 9.84. The number of hydrogen-bond donors (Lipinski definition) is 0. The van der Waals surface area contributed by atoms with E-state index in [0.29, 0.717) is 0 Å². The maximum Gasteiger partial charge on any atom is -0.0149 e. The van der Waals surface area contributed by atoms with Gasteiger partial charge in [0.15, 0.2) is 0 Å². The summed E-state index contributed by atoms with van der Waals surface area (Å²) >= 11 is 0. The standard InChI is InChI=1S/C14H12/c1-2-10-3-7-14-12(9-10)5-4-11-6-8-13(11)14/h2-5,7,9H,1,6,8H2. The summed E-state index contributed by atoms with van der Waals surface area (Å²) in [6, 6.07) is 11.1. The van der Waals surface area contributed by atoms with Crippen molar-refractivity contribution in [3.63, 3.8) is 0 Å². The number of rotatable bonds is 1. The molecule has 2 aromatic rings. The molecule has 68 valence electrons. The minimum Gasteiger partial charge on any atom is -0.0985 e. The van der Waals surface area contributed by atoms with Crippen LogP contribution in [0.25, 0.3) is 16.8 Å². The number of fused-ring (bicyclic) bond motifs is 3. The molecular formula is C14H12. The molecule has 3 rings (SSSR count). The van der Waals surface area contributed by atoms with Gasteiger partial charge in [-0.05, 0) is 46.4 Å². The van der Waals surface area contributed by atoms with E-state index in [2.05, 4.69) is 36.9 Å². The fraction of sp³-hybridized carbons (Fsp3) is 0.143. The van der Waals surface area contributed by atoms with Crippen LogP contribution in [-0.4, -0.2) is 0 Å². The van der Waals surface area contributed by atoms with E-state index in [1.807, 2.05) is 6.08 Å². The first kappa shape index (κ1) is 7.81. The van der Waals surface area contributed by atoms with Gasteiger partial charge < -0.3 is 0 Å². The van der Waals surface area contributed by atoms with Gasteiger partial charge in [-0.25, -0.2) is 0 Å². The molecule has 0 fully saturated rings. The van der Waals surface area contributed by atoms with Crippen LogP contribution in [0.1, 0.15) is 16.7 Å². The van der Waals surface area contributed by atoms with Gasteiger partial charge in [0.05, 0.1) is 0 Å². The lowest BCUT2D eigenvalue weighted by Gasteiger charge is -2.20. The molecule has 0 saturated heterocycles. The van der Waals surface area contributed by atoms with Crippen LogP contribution in [0, 0.1) is 0 Å².